The summed E-state index contributed by atoms with van der Waals surface area (Å²) < 4.78 is 13.3. The fourth-order valence-corrected chi connectivity index (χ4v) is 1.41. The number of hydrogen-bond acceptors (Lipinski definition) is 3. The lowest BCUT2D eigenvalue weighted by Gasteiger charge is -2.07. The number of carbonyl (C=O) groups excluding carboxylic acids is 1. The van der Waals surface area contributed by atoms with Crippen molar-refractivity contribution in [3.05, 3.63) is 41.3 Å². The van der Waals surface area contributed by atoms with Crippen LogP contribution in [0.25, 0.3) is 0 Å². The Balaban J connectivity index is 2.25. The summed E-state index contributed by atoms with van der Waals surface area (Å²) in [5.74, 6) is -0.621. The topological polar surface area (TPSA) is 83.8 Å². The number of amides is 1. The molecule has 0 radical (unpaired) electrons. The summed E-state index contributed by atoms with van der Waals surface area (Å²) >= 11 is 0. The highest BCUT2D eigenvalue weighted by Crippen LogP contribution is 2.19. The highest BCUT2D eigenvalue weighted by Gasteiger charge is 2.13. The van der Waals surface area contributed by atoms with E-state index in [4.69, 9.17) is 5.73 Å². The largest absolute Gasteiger partial charge is 0.383 e. The van der Waals surface area contributed by atoms with E-state index >= 15 is 0 Å². The molecule has 4 N–H and O–H groups in total. The van der Waals surface area contributed by atoms with Crippen LogP contribution in [0.15, 0.2) is 24.4 Å². The molecular weight excluding hydrogens is 223 g/mol. The van der Waals surface area contributed by atoms with Gasteiger partial charge < -0.3 is 11.1 Å². The van der Waals surface area contributed by atoms with E-state index in [-0.39, 0.29) is 17.2 Å². The van der Waals surface area contributed by atoms with Crippen molar-refractivity contribution in [2.75, 3.05) is 11.1 Å². The zero-order chi connectivity index (χ0) is 12.4. The van der Waals surface area contributed by atoms with Gasteiger partial charge in [-0.25, -0.2) is 4.39 Å². The second-order valence-corrected chi connectivity index (χ2v) is 3.56. The Kier molecular flexibility index (Phi) is 2.78. The Morgan fingerprint density at radius 1 is 1.53 bits per heavy atom. The summed E-state index contributed by atoms with van der Waals surface area (Å²) in [5, 5.41) is 8.67. The van der Waals surface area contributed by atoms with Crippen LogP contribution in [0.5, 0.6) is 0 Å². The normalized spacial score (nSPS) is 10.2. The number of aromatic amines is 1. The minimum atomic E-state index is -0.426. The van der Waals surface area contributed by atoms with Gasteiger partial charge in [0.15, 0.2) is 0 Å². The first-order valence-corrected chi connectivity index (χ1v) is 4.95. The number of hydrogen-bond donors (Lipinski definition) is 3. The number of nitrogen functional groups attached to an aromatic ring is 1. The maximum atomic E-state index is 13.3. The van der Waals surface area contributed by atoms with Crippen molar-refractivity contribution in [3.63, 3.8) is 0 Å². The van der Waals surface area contributed by atoms with Gasteiger partial charge in [0.05, 0.1) is 6.20 Å². The van der Waals surface area contributed by atoms with Crippen LogP contribution < -0.4 is 11.1 Å². The molecule has 0 aliphatic carbocycles. The quantitative estimate of drug-likeness (QED) is 0.739. The van der Waals surface area contributed by atoms with Gasteiger partial charge in [0.25, 0.3) is 5.91 Å². The number of nitrogens with zero attached hydrogens (tertiary/aromatic N) is 1. The number of rotatable bonds is 2. The maximum Gasteiger partial charge on any atom is 0.261 e. The summed E-state index contributed by atoms with van der Waals surface area (Å²) in [4.78, 5) is 11.8. The van der Waals surface area contributed by atoms with Crippen LogP contribution in [0.3, 0.4) is 0 Å². The number of nitrogens with two attached hydrogens (primary N) is 1. The van der Waals surface area contributed by atoms with E-state index in [2.05, 4.69) is 15.5 Å². The minimum absolute atomic E-state index is 0.177. The molecule has 0 spiro atoms. The number of benzene rings is 1. The van der Waals surface area contributed by atoms with Crippen molar-refractivity contribution in [1.29, 1.82) is 0 Å². The van der Waals surface area contributed by atoms with Crippen LogP contribution in [0.4, 0.5) is 15.9 Å². The number of halogens is 1. The molecule has 5 nitrogen and oxygen atoms in total. The lowest BCUT2D eigenvalue weighted by atomic mass is 10.2. The SMILES string of the molecule is Cc1c(F)cccc1NC(=O)c1cn[nH]c1N. The monoisotopic (exact) mass is 234 g/mol. The Morgan fingerprint density at radius 3 is 2.94 bits per heavy atom. The molecule has 1 heterocycles. The second kappa shape index (κ2) is 4.25. The zero-order valence-electron chi connectivity index (χ0n) is 9.12. The standard InChI is InChI=1S/C11H11FN4O/c1-6-8(12)3-2-4-9(6)15-11(17)7-5-14-16-10(7)13/h2-5H,1H3,(H,15,17)(H3,13,14,16). The van der Waals surface area contributed by atoms with E-state index in [1.54, 1.807) is 13.0 Å². The van der Waals surface area contributed by atoms with Crippen LogP contribution in [0.2, 0.25) is 0 Å². The maximum absolute atomic E-state index is 13.3. The molecule has 0 saturated carbocycles. The molecule has 88 valence electrons. The lowest BCUT2D eigenvalue weighted by Crippen LogP contribution is -2.14. The summed E-state index contributed by atoms with van der Waals surface area (Å²) in [6.45, 7) is 1.59. The van der Waals surface area contributed by atoms with E-state index in [1.165, 1.54) is 18.3 Å². The highest BCUT2D eigenvalue weighted by molar-refractivity contribution is 6.07. The number of nitrogens with one attached hydrogen (secondary N) is 2. The number of H-pyrrole nitrogens is 1. The molecule has 6 heteroatoms. The summed E-state index contributed by atoms with van der Waals surface area (Å²) in [7, 11) is 0. The van der Waals surface area contributed by atoms with Crippen molar-refractivity contribution < 1.29 is 9.18 Å². The molecular formula is C11H11FN4O. The number of anilines is 2. The molecule has 2 aromatic rings. The van der Waals surface area contributed by atoms with Crippen LogP contribution >= 0.6 is 0 Å². The molecule has 1 aromatic carbocycles. The predicted octanol–water partition coefficient (Wildman–Crippen LogP) is 1.69. The lowest BCUT2D eigenvalue weighted by molar-refractivity contribution is 0.102. The molecule has 2 rings (SSSR count). The van der Waals surface area contributed by atoms with Gasteiger partial charge in [-0.05, 0) is 19.1 Å². The average molecular weight is 234 g/mol. The smallest absolute Gasteiger partial charge is 0.261 e. The molecule has 1 aromatic heterocycles. The van der Waals surface area contributed by atoms with Crippen molar-refractivity contribution in [2.24, 2.45) is 0 Å². The summed E-state index contributed by atoms with van der Waals surface area (Å²) in [5.41, 5.74) is 6.53. The fraction of sp³-hybridized carbons (Fsp3) is 0.0909. The fourth-order valence-electron chi connectivity index (χ4n) is 1.41. The first kappa shape index (κ1) is 11.1. The summed E-state index contributed by atoms with van der Waals surface area (Å²) in [6.07, 6.45) is 1.32. The van der Waals surface area contributed by atoms with Gasteiger partial charge in [-0.3, -0.25) is 9.89 Å². The molecule has 0 aliphatic rings. The van der Waals surface area contributed by atoms with Crippen LogP contribution in [0, 0.1) is 12.7 Å². The third kappa shape index (κ3) is 2.10. The van der Waals surface area contributed by atoms with E-state index in [1.807, 2.05) is 0 Å². The molecule has 0 atom stereocenters. The van der Waals surface area contributed by atoms with Crippen molar-refractivity contribution in [2.45, 2.75) is 6.92 Å². The zero-order valence-corrected chi connectivity index (χ0v) is 9.12. The molecule has 1 amide bonds. The van der Waals surface area contributed by atoms with E-state index < -0.39 is 5.91 Å². The van der Waals surface area contributed by atoms with Crippen LogP contribution in [-0.2, 0) is 0 Å². The Hall–Kier alpha value is -2.37. The molecule has 0 bridgehead atoms. The van der Waals surface area contributed by atoms with Gasteiger partial charge in [-0.1, -0.05) is 6.07 Å². The first-order chi connectivity index (χ1) is 8.09. The summed E-state index contributed by atoms with van der Waals surface area (Å²) in [6, 6.07) is 4.47. The molecule has 0 saturated heterocycles. The second-order valence-electron chi connectivity index (χ2n) is 3.56. The van der Waals surface area contributed by atoms with Crippen molar-refractivity contribution in [3.8, 4) is 0 Å². The van der Waals surface area contributed by atoms with Gasteiger partial charge in [-0.15, -0.1) is 0 Å². The van der Waals surface area contributed by atoms with E-state index in [0.29, 0.717) is 11.3 Å². The Morgan fingerprint density at radius 2 is 2.29 bits per heavy atom. The molecule has 0 unspecified atom stereocenters. The first-order valence-electron chi connectivity index (χ1n) is 4.95. The third-order valence-electron chi connectivity index (χ3n) is 2.43. The van der Waals surface area contributed by atoms with Gasteiger partial charge in [0.1, 0.15) is 17.2 Å². The average Bonchev–Trinajstić information content (AvgIpc) is 2.71. The highest BCUT2D eigenvalue weighted by atomic mass is 19.1. The Labute approximate surface area is 96.8 Å². The minimum Gasteiger partial charge on any atom is -0.383 e. The van der Waals surface area contributed by atoms with Crippen LogP contribution in [0.1, 0.15) is 15.9 Å². The van der Waals surface area contributed by atoms with E-state index in [9.17, 15) is 9.18 Å². The van der Waals surface area contributed by atoms with Gasteiger partial charge in [0, 0.05) is 11.3 Å². The molecule has 0 aliphatic heterocycles. The predicted molar refractivity (Wildman–Crippen MR) is 62.1 cm³/mol. The van der Waals surface area contributed by atoms with Crippen molar-refractivity contribution >= 4 is 17.4 Å². The van der Waals surface area contributed by atoms with Gasteiger partial charge >= 0.3 is 0 Å². The number of carbonyl (C=O) groups is 1. The molecule has 17 heavy (non-hydrogen) atoms. The van der Waals surface area contributed by atoms with E-state index in [0.717, 1.165) is 0 Å². The Bertz CT molecular complexity index is 564. The van der Waals surface area contributed by atoms with Crippen molar-refractivity contribution in [1.82, 2.24) is 10.2 Å². The van der Waals surface area contributed by atoms with Gasteiger partial charge in [-0.2, -0.15) is 5.10 Å². The van der Waals surface area contributed by atoms with Gasteiger partial charge in [0.2, 0.25) is 0 Å². The third-order valence-corrected chi connectivity index (χ3v) is 2.43. The molecule has 0 fully saturated rings. The van der Waals surface area contributed by atoms with Crippen LogP contribution in [-0.4, -0.2) is 16.1 Å². The number of aromatic nitrogens is 2.